The van der Waals surface area contributed by atoms with E-state index in [-0.39, 0.29) is 12.1 Å². The van der Waals surface area contributed by atoms with E-state index in [9.17, 15) is 4.79 Å². The van der Waals surface area contributed by atoms with Crippen molar-refractivity contribution in [1.82, 2.24) is 0 Å². The molecule has 2 aliphatic carbocycles. The second kappa shape index (κ2) is 5.35. The number of hydrogen-bond donors (Lipinski definition) is 0. The van der Waals surface area contributed by atoms with Gasteiger partial charge in [-0.3, -0.25) is 0 Å². The van der Waals surface area contributed by atoms with E-state index >= 15 is 0 Å². The Balaban J connectivity index is 1.81. The van der Waals surface area contributed by atoms with Crippen LogP contribution in [0.2, 0.25) is 0 Å². The zero-order chi connectivity index (χ0) is 14.1. The van der Waals surface area contributed by atoms with Gasteiger partial charge in [-0.05, 0) is 55.7 Å². The molecule has 0 radical (unpaired) electrons. The summed E-state index contributed by atoms with van der Waals surface area (Å²) in [4.78, 5) is 11.6. The molecule has 1 aromatic carbocycles. The van der Waals surface area contributed by atoms with Crippen molar-refractivity contribution in [2.45, 2.75) is 31.8 Å². The summed E-state index contributed by atoms with van der Waals surface area (Å²) in [7, 11) is 2.99. The number of rotatable bonds is 4. The maximum atomic E-state index is 11.6. The Morgan fingerprint density at radius 3 is 2.60 bits per heavy atom. The van der Waals surface area contributed by atoms with Crippen molar-refractivity contribution in [3.63, 3.8) is 0 Å². The first-order valence-corrected chi connectivity index (χ1v) is 7.14. The van der Waals surface area contributed by atoms with Gasteiger partial charge in [0.1, 0.15) is 6.10 Å². The van der Waals surface area contributed by atoms with E-state index < -0.39 is 0 Å². The van der Waals surface area contributed by atoms with Crippen molar-refractivity contribution < 1.29 is 19.0 Å². The van der Waals surface area contributed by atoms with Crippen LogP contribution in [0.15, 0.2) is 18.2 Å². The van der Waals surface area contributed by atoms with E-state index in [1.807, 2.05) is 0 Å². The monoisotopic (exact) mass is 276 g/mol. The molecule has 4 heteroatoms. The van der Waals surface area contributed by atoms with Gasteiger partial charge in [-0.2, -0.15) is 0 Å². The van der Waals surface area contributed by atoms with Gasteiger partial charge in [0, 0.05) is 0 Å². The van der Waals surface area contributed by atoms with Crippen LogP contribution in [0.5, 0.6) is 11.5 Å². The highest BCUT2D eigenvalue weighted by atomic mass is 16.5. The van der Waals surface area contributed by atoms with Crippen molar-refractivity contribution >= 4 is 5.97 Å². The molecule has 3 rings (SSSR count). The number of benzene rings is 1. The van der Waals surface area contributed by atoms with Crippen LogP contribution in [0, 0.1) is 11.8 Å². The molecule has 2 aliphatic rings. The zero-order valence-corrected chi connectivity index (χ0v) is 11.9. The zero-order valence-electron chi connectivity index (χ0n) is 11.9. The third kappa shape index (κ3) is 2.35. The molecule has 0 heterocycles. The Kier molecular flexibility index (Phi) is 3.55. The van der Waals surface area contributed by atoms with Crippen LogP contribution in [0.4, 0.5) is 0 Å². The fraction of sp³-hybridized carbons (Fsp3) is 0.562. The molecule has 0 amide bonds. The molecule has 0 N–H and O–H groups in total. The molecule has 0 saturated heterocycles. The van der Waals surface area contributed by atoms with Gasteiger partial charge in [-0.25, -0.2) is 4.79 Å². The maximum Gasteiger partial charge on any atom is 0.337 e. The summed E-state index contributed by atoms with van der Waals surface area (Å²) in [6.45, 7) is 0. The van der Waals surface area contributed by atoms with Gasteiger partial charge in [0.05, 0.1) is 19.8 Å². The number of hydrogen-bond acceptors (Lipinski definition) is 4. The second-order valence-electron chi connectivity index (χ2n) is 5.69. The molecule has 4 nitrogen and oxygen atoms in total. The molecule has 0 aromatic heterocycles. The fourth-order valence-electron chi connectivity index (χ4n) is 3.51. The summed E-state index contributed by atoms with van der Waals surface area (Å²) in [5, 5.41) is 0. The van der Waals surface area contributed by atoms with Gasteiger partial charge in [0.25, 0.3) is 0 Å². The summed E-state index contributed by atoms with van der Waals surface area (Å²) in [5.74, 6) is 2.44. The summed E-state index contributed by atoms with van der Waals surface area (Å²) >= 11 is 0. The number of carbonyl (C=O) groups is 1. The van der Waals surface area contributed by atoms with Gasteiger partial charge < -0.3 is 14.2 Å². The van der Waals surface area contributed by atoms with Crippen LogP contribution >= 0.6 is 0 Å². The van der Waals surface area contributed by atoms with Crippen LogP contribution in [0.25, 0.3) is 0 Å². The third-order valence-corrected chi connectivity index (χ3v) is 4.54. The normalized spacial score (nSPS) is 27.4. The first-order valence-electron chi connectivity index (χ1n) is 7.14. The van der Waals surface area contributed by atoms with Crippen molar-refractivity contribution in [3.8, 4) is 11.5 Å². The number of fused-ring (bicyclic) bond motifs is 2. The molecular formula is C16H20O4. The Morgan fingerprint density at radius 2 is 2.00 bits per heavy atom. The Hall–Kier alpha value is -1.71. The largest absolute Gasteiger partial charge is 0.493 e. The first-order chi connectivity index (χ1) is 9.71. The van der Waals surface area contributed by atoms with E-state index in [1.165, 1.54) is 26.4 Å². The molecule has 1 aromatic rings. The SMILES string of the molecule is COC(=O)c1ccc(OC)c(OC2CC3CCC2C3)c1. The van der Waals surface area contributed by atoms with Crippen molar-refractivity contribution in [3.05, 3.63) is 23.8 Å². The quantitative estimate of drug-likeness (QED) is 0.793. The predicted molar refractivity (Wildman–Crippen MR) is 74.2 cm³/mol. The smallest absolute Gasteiger partial charge is 0.337 e. The van der Waals surface area contributed by atoms with E-state index in [0.29, 0.717) is 23.0 Å². The van der Waals surface area contributed by atoms with Crippen LogP contribution in [-0.4, -0.2) is 26.3 Å². The summed E-state index contributed by atoms with van der Waals surface area (Å²) < 4.78 is 16.2. The minimum absolute atomic E-state index is 0.260. The standard InChI is InChI=1S/C16H20O4/c1-18-13-6-5-12(16(17)19-2)9-15(13)20-14-8-10-3-4-11(14)7-10/h5-6,9-11,14H,3-4,7-8H2,1-2H3. The molecule has 20 heavy (non-hydrogen) atoms. The van der Waals surface area contributed by atoms with Crippen LogP contribution in [0.1, 0.15) is 36.0 Å². The van der Waals surface area contributed by atoms with Gasteiger partial charge in [-0.1, -0.05) is 0 Å². The topological polar surface area (TPSA) is 44.8 Å². The van der Waals surface area contributed by atoms with Crippen molar-refractivity contribution in [2.24, 2.45) is 11.8 Å². The predicted octanol–water partition coefficient (Wildman–Crippen LogP) is 3.05. The molecule has 2 saturated carbocycles. The van der Waals surface area contributed by atoms with Crippen LogP contribution in [-0.2, 0) is 4.74 Å². The number of ether oxygens (including phenoxy) is 3. The lowest BCUT2D eigenvalue weighted by Gasteiger charge is -2.24. The third-order valence-electron chi connectivity index (χ3n) is 4.54. The maximum absolute atomic E-state index is 11.6. The van der Waals surface area contributed by atoms with Gasteiger partial charge in [-0.15, -0.1) is 0 Å². The van der Waals surface area contributed by atoms with Crippen molar-refractivity contribution in [1.29, 1.82) is 0 Å². The van der Waals surface area contributed by atoms with Gasteiger partial charge >= 0.3 is 5.97 Å². The highest BCUT2D eigenvalue weighted by Gasteiger charge is 2.41. The average molecular weight is 276 g/mol. The van der Waals surface area contributed by atoms with Gasteiger partial charge in [0.15, 0.2) is 11.5 Å². The Morgan fingerprint density at radius 1 is 1.15 bits per heavy atom. The highest BCUT2D eigenvalue weighted by molar-refractivity contribution is 5.90. The molecule has 0 aliphatic heterocycles. The van der Waals surface area contributed by atoms with Crippen molar-refractivity contribution in [2.75, 3.05) is 14.2 Å². The summed E-state index contributed by atoms with van der Waals surface area (Å²) in [6, 6.07) is 5.17. The van der Waals surface area contributed by atoms with E-state index in [2.05, 4.69) is 0 Å². The molecular weight excluding hydrogens is 256 g/mol. The molecule has 108 valence electrons. The van der Waals surface area contributed by atoms with E-state index in [0.717, 1.165) is 12.3 Å². The first kappa shape index (κ1) is 13.3. The minimum atomic E-state index is -0.356. The lowest BCUT2D eigenvalue weighted by atomic mass is 9.97. The summed E-state index contributed by atoms with van der Waals surface area (Å²) in [6.07, 6.45) is 5.26. The highest BCUT2D eigenvalue weighted by Crippen LogP contribution is 2.46. The van der Waals surface area contributed by atoms with Gasteiger partial charge in [0.2, 0.25) is 0 Å². The second-order valence-corrected chi connectivity index (χ2v) is 5.69. The number of carbonyl (C=O) groups excluding carboxylic acids is 1. The minimum Gasteiger partial charge on any atom is -0.493 e. The van der Waals surface area contributed by atoms with Crippen LogP contribution < -0.4 is 9.47 Å². The average Bonchev–Trinajstić information content (AvgIpc) is 3.09. The molecule has 3 unspecified atom stereocenters. The molecule has 2 bridgehead atoms. The van der Waals surface area contributed by atoms with E-state index in [4.69, 9.17) is 14.2 Å². The van der Waals surface area contributed by atoms with Crippen LogP contribution in [0.3, 0.4) is 0 Å². The Labute approximate surface area is 119 Å². The number of esters is 1. The fourth-order valence-corrected chi connectivity index (χ4v) is 3.51. The summed E-state index contributed by atoms with van der Waals surface area (Å²) in [5.41, 5.74) is 0.492. The molecule has 3 atom stereocenters. The molecule has 2 fully saturated rings. The van der Waals surface area contributed by atoms with E-state index in [1.54, 1.807) is 25.3 Å². The lowest BCUT2D eigenvalue weighted by Crippen LogP contribution is -2.23. The number of methoxy groups -OCH3 is 2. The Bertz CT molecular complexity index is 511. The molecule has 0 spiro atoms. The lowest BCUT2D eigenvalue weighted by molar-refractivity contribution is 0.0599.